The molecule has 124 valence electrons. The average Bonchev–Trinajstić information content (AvgIpc) is 2.45. The molecule has 23 heavy (non-hydrogen) atoms. The highest BCUT2D eigenvalue weighted by Gasteiger charge is 2.71. The second kappa shape index (κ2) is 5.87. The van der Waals surface area contributed by atoms with Gasteiger partial charge in [0.1, 0.15) is 0 Å². The van der Waals surface area contributed by atoms with E-state index in [0.717, 1.165) is 24.3 Å². The lowest BCUT2D eigenvalue weighted by Crippen LogP contribution is -2.55. The number of benzene rings is 2. The Hall–Kier alpha value is -1.47. The van der Waals surface area contributed by atoms with Crippen molar-refractivity contribution in [1.82, 2.24) is 0 Å². The summed E-state index contributed by atoms with van der Waals surface area (Å²) in [4.78, 5) is 0. The molecule has 0 fully saturated rings. The standard InChI is InChI=1S/C16H12BrF5O/c1-10-5-7-11(8-6-10)14(23,15(18,19)16(20,21)22)12-3-2-4-13(17)9-12/h2-9,23H,1H3. The van der Waals surface area contributed by atoms with E-state index in [2.05, 4.69) is 15.9 Å². The summed E-state index contributed by atoms with van der Waals surface area (Å²) >= 11 is 3.02. The van der Waals surface area contributed by atoms with Gasteiger partial charge in [0.2, 0.25) is 0 Å². The first-order valence-corrected chi connectivity index (χ1v) is 7.29. The maximum Gasteiger partial charge on any atom is 0.457 e. The van der Waals surface area contributed by atoms with Gasteiger partial charge in [0.15, 0.2) is 5.60 Å². The second-order valence-electron chi connectivity index (χ2n) is 5.16. The average molecular weight is 395 g/mol. The molecule has 0 spiro atoms. The van der Waals surface area contributed by atoms with E-state index >= 15 is 0 Å². The zero-order valence-electron chi connectivity index (χ0n) is 11.8. The molecule has 0 aliphatic rings. The van der Waals surface area contributed by atoms with E-state index in [1.807, 2.05) is 0 Å². The Labute approximate surface area is 137 Å². The summed E-state index contributed by atoms with van der Waals surface area (Å²) < 4.78 is 67.5. The van der Waals surface area contributed by atoms with Crippen molar-refractivity contribution in [3.63, 3.8) is 0 Å². The Morgan fingerprint density at radius 2 is 1.43 bits per heavy atom. The van der Waals surface area contributed by atoms with Gasteiger partial charge in [-0.05, 0) is 30.2 Å². The molecule has 1 atom stereocenters. The lowest BCUT2D eigenvalue weighted by Gasteiger charge is -2.37. The quantitative estimate of drug-likeness (QED) is 0.710. The first kappa shape index (κ1) is 17.9. The van der Waals surface area contributed by atoms with Crippen LogP contribution < -0.4 is 0 Å². The van der Waals surface area contributed by atoms with Crippen molar-refractivity contribution < 1.29 is 27.1 Å². The van der Waals surface area contributed by atoms with Crippen LogP contribution in [-0.2, 0) is 5.60 Å². The number of aliphatic hydroxyl groups is 1. The number of rotatable bonds is 3. The van der Waals surface area contributed by atoms with Crippen LogP contribution in [0.1, 0.15) is 16.7 Å². The molecule has 0 aromatic heterocycles. The zero-order valence-corrected chi connectivity index (χ0v) is 13.4. The highest BCUT2D eigenvalue weighted by molar-refractivity contribution is 9.10. The molecule has 2 aromatic carbocycles. The number of alkyl halides is 5. The highest BCUT2D eigenvalue weighted by Crippen LogP contribution is 2.51. The number of aryl methyl sites for hydroxylation is 1. The van der Waals surface area contributed by atoms with Gasteiger partial charge in [0, 0.05) is 4.47 Å². The number of hydrogen-bond acceptors (Lipinski definition) is 1. The van der Waals surface area contributed by atoms with Crippen LogP contribution in [0.4, 0.5) is 22.0 Å². The molecule has 0 bridgehead atoms. The van der Waals surface area contributed by atoms with Crippen LogP contribution >= 0.6 is 15.9 Å². The second-order valence-corrected chi connectivity index (χ2v) is 6.07. The van der Waals surface area contributed by atoms with E-state index in [9.17, 15) is 27.1 Å². The van der Waals surface area contributed by atoms with Gasteiger partial charge in [-0.1, -0.05) is 57.9 Å². The Kier molecular flexibility index (Phi) is 4.56. The molecule has 0 radical (unpaired) electrons. The lowest BCUT2D eigenvalue weighted by molar-refractivity contribution is -0.336. The van der Waals surface area contributed by atoms with Gasteiger partial charge in [-0.25, -0.2) is 0 Å². The molecule has 0 saturated heterocycles. The van der Waals surface area contributed by atoms with Crippen LogP contribution in [-0.4, -0.2) is 17.2 Å². The van der Waals surface area contributed by atoms with Crippen molar-refractivity contribution in [2.24, 2.45) is 0 Å². The van der Waals surface area contributed by atoms with Crippen molar-refractivity contribution in [3.05, 3.63) is 69.7 Å². The van der Waals surface area contributed by atoms with Crippen LogP contribution in [0.15, 0.2) is 53.0 Å². The minimum atomic E-state index is -5.92. The van der Waals surface area contributed by atoms with Crippen molar-refractivity contribution in [2.75, 3.05) is 0 Å². The maximum absolute atomic E-state index is 14.2. The van der Waals surface area contributed by atoms with Gasteiger partial charge in [-0.3, -0.25) is 0 Å². The predicted octanol–water partition coefficient (Wildman–Crippen LogP) is 5.19. The van der Waals surface area contributed by atoms with Crippen LogP contribution in [0.3, 0.4) is 0 Å². The molecule has 1 nitrogen and oxygen atoms in total. The Bertz CT molecular complexity index is 696. The summed E-state index contributed by atoms with van der Waals surface area (Å²) in [6.45, 7) is 1.66. The monoisotopic (exact) mass is 394 g/mol. The van der Waals surface area contributed by atoms with Crippen molar-refractivity contribution >= 4 is 15.9 Å². The molecule has 0 amide bonds. The molecular weight excluding hydrogens is 383 g/mol. The third kappa shape index (κ3) is 2.99. The van der Waals surface area contributed by atoms with Gasteiger partial charge in [-0.2, -0.15) is 22.0 Å². The Balaban J connectivity index is 2.77. The first-order chi connectivity index (χ1) is 10.5. The van der Waals surface area contributed by atoms with Gasteiger partial charge in [0.05, 0.1) is 0 Å². The van der Waals surface area contributed by atoms with Gasteiger partial charge < -0.3 is 5.11 Å². The predicted molar refractivity (Wildman–Crippen MR) is 79.3 cm³/mol. The summed E-state index contributed by atoms with van der Waals surface area (Å²) in [7, 11) is 0. The van der Waals surface area contributed by atoms with Gasteiger partial charge in [0.25, 0.3) is 0 Å². The third-order valence-electron chi connectivity index (χ3n) is 3.52. The van der Waals surface area contributed by atoms with Gasteiger partial charge in [-0.15, -0.1) is 0 Å². The summed E-state index contributed by atoms with van der Waals surface area (Å²) in [6, 6.07) is 9.68. The molecule has 0 heterocycles. The SMILES string of the molecule is Cc1ccc(C(O)(c2cccc(Br)c2)C(F)(F)C(F)(F)F)cc1. The minimum absolute atomic E-state index is 0.276. The Morgan fingerprint density at radius 3 is 1.91 bits per heavy atom. The minimum Gasteiger partial charge on any atom is -0.374 e. The summed E-state index contributed by atoms with van der Waals surface area (Å²) in [5.74, 6) is -5.38. The molecule has 2 rings (SSSR count). The van der Waals surface area contributed by atoms with Gasteiger partial charge >= 0.3 is 12.1 Å². The highest BCUT2D eigenvalue weighted by atomic mass is 79.9. The molecule has 1 N–H and O–H groups in total. The third-order valence-corrected chi connectivity index (χ3v) is 4.02. The number of halogens is 6. The largest absolute Gasteiger partial charge is 0.457 e. The van der Waals surface area contributed by atoms with E-state index < -0.39 is 28.8 Å². The van der Waals surface area contributed by atoms with E-state index in [1.54, 1.807) is 6.92 Å². The fraction of sp³-hybridized carbons (Fsp3) is 0.250. The maximum atomic E-state index is 14.2. The Morgan fingerprint density at radius 1 is 0.870 bits per heavy atom. The summed E-state index contributed by atoms with van der Waals surface area (Å²) in [5.41, 5.74) is -3.97. The fourth-order valence-corrected chi connectivity index (χ4v) is 2.64. The van der Waals surface area contributed by atoms with Crippen LogP contribution in [0.25, 0.3) is 0 Å². The fourth-order valence-electron chi connectivity index (χ4n) is 2.24. The topological polar surface area (TPSA) is 20.2 Å². The molecular formula is C16H12BrF5O. The van der Waals surface area contributed by atoms with Crippen molar-refractivity contribution in [2.45, 2.75) is 24.6 Å². The smallest absolute Gasteiger partial charge is 0.374 e. The molecule has 2 aromatic rings. The van der Waals surface area contributed by atoms with Crippen LogP contribution in [0.2, 0.25) is 0 Å². The molecule has 0 saturated carbocycles. The molecule has 7 heteroatoms. The normalized spacial score (nSPS) is 15.3. The van der Waals surface area contributed by atoms with Crippen molar-refractivity contribution in [1.29, 1.82) is 0 Å². The molecule has 0 aliphatic heterocycles. The van der Waals surface area contributed by atoms with E-state index in [-0.39, 0.29) is 4.47 Å². The zero-order chi connectivity index (χ0) is 17.5. The van der Waals surface area contributed by atoms with E-state index in [0.29, 0.717) is 5.56 Å². The van der Waals surface area contributed by atoms with Crippen LogP contribution in [0.5, 0.6) is 0 Å². The summed E-state index contributed by atoms with van der Waals surface area (Å²) in [6.07, 6.45) is -5.92. The summed E-state index contributed by atoms with van der Waals surface area (Å²) in [5, 5.41) is 10.5. The molecule has 1 unspecified atom stereocenters. The van der Waals surface area contributed by atoms with Crippen LogP contribution in [0, 0.1) is 6.92 Å². The number of hydrogen-bond donors (Lipinski definition) is 1. The van der Waals surface area contributed by atoms with E-state index in [1.165, 1.54) is 24.3 Å². The van der Waals surface area contributed by atoms with E-state index in [4.69, 9.17) is 0 Å². The molecule has 0 aliphatic carbocycles. The van der Waals surface area contributed by atoms with Crippen molar-refractivity contribution in [3.8, 4) is 0 Å². The lowest BCUT2D eigenvalue weighted by atomic mass is 9.80. The first-order valence-electron chi connectivity index (χ1n) is 6.50.